The van der Waals surface area contributed by atoms with Crippen LogP contribution in [-0.2, 0) is 12.7 Å². The Labute approximate surface area is 154 Å². The third kappa shape index (κ3) is 3.47. The molecule has 3 nitrogen and oxygen atoms in total. The summed E-state index contributed by atoms with van der Waals surface area (Å²) in [4.78, 5) is 0. The van der Waals surface area contributed by atoms with Gasteiger partial charge >= 0.3 is 6.18 Å². The molecule has 27 heavy (non-hydrogen) atoms. The van der Waals surface area contributed by atoms with E-state index in [1.54, 1.807) is 13.2 Å². The summed E-state index contributed by atoms with van der Waals surface area (Å²) < 4.78 is 45.1. The number of nitriles is 1. The number of hydrogen-bond donors (Lipinski definition) is 0. The van der Waals surface area contributed by atoms with Crippen molar-refractivity contribution in [3.63, 3.8) is 0 Å². The Hall–Kier alpha value is -3.38. The van der Waals surface area contributed by atoms with Gasteiger partial charge in [0, 0.05) is 17.5 Å². The summed E-state index contributed by atoms with van der Waals surface area (Å²) in [6.07, 6.45) is -4.38. The van der Waals surface area contributed by atoms with Gasteiger partial charge in [0.05, 0.1) is 23.8 Å². The summed E-state index contributed by atoms with van der Waals surface area (Å²) in [6, 6.07) is 12.3. The van der Waals surface area contributed by atoms with Crippen molar-refractivity contribution in [1.29, 1.82) is 5.26 Å². The third-order valence-electron chi connectivity index (χ3n) is 4.24. The highest BCUT2D eigenvalue weighted by molar-refractivity contribution is 5.90. The summed E-state index contributed by atoms with van der Waals surface area (Å²) >= 11 is 0. The Morgan fingerprint density at radius 3 is 2.33 bits per heavy atom. The molecule has 0 aliphatic rings. The quantitative estimate of drug-likeness (QED) is 0.600. The molecule has 136 valence electrons. The van der Waals surface area contributed by atoms with E-state index in [9.17, 15) is 18.4 Å². The molecule has 3 rings (SSSR count). The Kier molecular flexibility index (Phi) is 4.83. The fraction of sp³-hybridized carbons (Fsp3) is 0.190. The molecule has 0 radical (unpaired) electrons. The van der Waals surface area contributed by atoms with Crippen LogP contribution in [0.15, 0.2) is 42.5 Å². The minimum Gasteiger partial charge on any atom is -0.497 e. The lowest BCUT2D eigenvalue weighted by molar-refractivity contribution is -0.137. The van der Waals surface area contributed by atoms with Crippen LogP contribution in [0.4, 0.5) is 13.2 Å². The topological polar surface area (TPSA) is 38.0 Å². The van der Waals surface area contributed by atoms with E-state index in [2.05, 4.69) is 17.9 Å². The first-order valence-corrected chi connectivity index (χ1v) is 8.18. The molecule has 0 aliphatic carbocycles. The molecular formula is C21H15F3N2O. The molecule has 1 aromatic heterocycles. The van der Waals surface area contributed by atoms with Crippen molar-refractivity contribution in [3.8, 4) is 23.7 Å². The Morgan fingerprint density at radius 1 is 1.07 bits per heavy atom. The van der Waals surface area contributed by atoms with Gasteiger partial charge in [-0.25, -0.2) is 0 Å². The molecule has 0 saturated carbocycles. The van der Waals surface area contributed by atoms with Crippen molar-refractivity contribution in [1.82, 2.24) is 4.57 Å². The van der Waals surface area contributed by atoms with Gasteiger partial charge in [0.1, 0.15) is 17.5 Å². The van der Waals surface area contributed by atoms with Gasteiger partial charge in [-0.2, -0.15) is 18.4 Å². The van der Waals surface area contributed by atoms with Gasteiger partial charge in [0.25, 0.3) is 0 Å². The van der Waals surface area contributed by atoms with Crippen LogP contribution >= 0.6 is 0 Å². The van der Waals surface area contributed by atoms with Gasteiger partial charge < -0.3 is 9.30 Å². The van der Waals surface area contributed by atoms with E-state index in [4.69, 9.17) is 4.74 Å². The first-order chi connectivity index (χ1) is 12.9. The van der Waals surface area contributed by atoms with Gasteiger partial charge in [0.15, 0.2) is 0 Å². The molecule has 0 fully saturated rings. The lowest BCUT2D eigenvalue weighted by Gasteiger charge is -2.05. The zero-order chi connectivity index (χ0) is 19.6. The van der Waals surface area contributed by atoms with Crippen molar-refractivity contribution < 1.29 is 17.9 Å². The van der Waals surface area contributed by atoms with Crippen molar-refractivity contribution in [2.75, 3.05) is 7.11 Å². The van der Waals surface area contributed by atoms with E-state index >= 15 is 0 Å². The molecule has 0 N–H and O–H groups in total. The van der Waals surface area contributed by atoms with E-state index < -0.39 is 11.7 Å². The molecule has 0 amide bonds. The van der Waals surface area contributed by atoms with Gasteiger partial charge in [-0.15, -0.1) is 0 Å². The zero-order valence-corrected chi connectivity index (χ0v) is 14.7. The van der Waals surface area contributed by atoms with Crippen LogP contribution in [0.5, 0.6) is 5.75 Å². The molecule has 0 spiro atoms. The van der Waals surface area contributed by atoms with Crippen LogP contribution in [0.3, 0.4) is 0 Å². The van der Waals surface area contributed by atoms with Crippen LogP contribution in [0.25, 0.3) is 10.9 Å². The molecule has 6 heteroatoms. The third-order valence-corrected chi connectivity index (χ3v) is 4.24. The Bertz CT molecular complexity index is 1090. The maximum absolute atomic E-state index is 12.7. The number of halogens is 3. The van der Waals surface area contributed by atoms with E-state index in [1.807, 2.05) is 23.6 Å². The van der Waals surface area contributed by atoms with Gasteiger partial charge in [-0.1, -0.05) is 5.92 Å². The van der Waals surface area contributed by atoms with Crippen molar-refractivity contribution in [3.05, 3.63) is 64.8 Å². The van der Waals surface area contributed by atoms with Crippen LogP contribution in [-0.4, -0.2) is 11.7 Å². The second-order valence-electron chi connectivity index (χ2n) is 5.79. The molecule has 0 aliphatic heterocycles. The summed E-state index contributed by atoms with van der Waals surface area (Å²) in [5.41, 5.74) is 1.53. The number of methoxy groups -OCH3 is 1. The summed E-state index contributed by atoms with van der Waals surface area (Å²) in [5, 5.41) is 10.3. The highest BCUT2D eigenvalue weighted by Crippen LogP contribution is 2.30. The molecule has 0 atom stereocenters. The van der Waals surface area contributed by atoms with Gasteiger partial charge in [-0.05, 0) is 55.3 Å². The predicted molar refractivity (Wildman–Crippen MR) is 96.3 cm³/mol. The van der Waals surface area contributed by atoms with E-state index in [1.165, 1.54) is 12.1 Å². The van der Waals surface area contributed by atoms with Gasteiger partial charge in [0.2, 0.25) is 0 Å². The summed E-state index contributed by atoms with van der Waals surface area (Å²) in [6.45, 7) is 2.54. The Balaban J connectivity index is 2.10. The Morgan fingerprint density at radius 2 is 1.78 bits per heavy atom. The number of aryl methyl sites for hydroxylation is 1. The second-order valence-corrected chi connectivity index (χ2v) is 5.79. The minimum atomic E-state index is -4.38. The van der Waals surface area contributed by atoms with Crippen LogP contribution in [0, 0.1) is 23.2 Å². The number of rotatable bonds is 2. The molecule has 0 bridgehead atoms. The minimum absolute atomic E-state index is 0.421. The lowest BCUT2D eigenvalue weighted by atomic mass is 10.1. The van der Waals surface area contributed by atoms with Crippen LogP contribution < -0.4 is 4.74 Å². The maximum Gasteiger partial charge on any atom is 0.416 e. The first kappa shape index (κ1) is 18.4. The number of hydrogen-bond acceptors (Lipinski definition) is 2. The van der Waals surface area contributed by atoms with Crippen LogP contribution in [0.1, 0.15) is 29.3 Å². The van der Waals surface area contributed by atoms with Crippen molar-refractivity contribution >= 4 is 10.9 Å². The standard InChI is InChI=1S/C21H15F3N2O/c1-3-26-19-11-9-16(27-2)12-17(19)18(13-25)20(26)10-6-14-4-7-15(8-5-14)21(22,23)24/h4-5,7-9,11-12H,3H2,1-2H3. The molecule has 3 aromatic rings. The highest BCUT2D eigenvalue weighted by atomic mass is 19.4. The largest absolute Gasteiger partial charge is 0.497 e. The van der Waals surface area contributed by atoms with Crippen molar-refractivity contribution in [2.45, 2.75) is 19.6 Å². The number of alkyl halides is 3. The number of aromatic nitrogens is 1. The van der Waals surface area contributed by atoms with Crippen molar-refractivity contribution in [2.24, 2.45) is 0 Å². The zero-order valence-electron chi connectivity index (χ0n) is 14.7. The first-order valence-electron chi connectivity index (χ1n) is 8.18. The fourth-order valence-electron chi connectivity index (χ4n) is 2.91. The highest BCUT2D eigenvalue weighted by Gasteiger charge is 2.29. The number of nitrogens with zero attached hydrogens (tertiary/aromatic N) is 2. The predicted octanol–water partition coefficient (Wildman–Crippen LogP) is 4.96. The average molecular weight is 368 g/mol. The monoisotopic (exact) mass is 368 g/mol. The fourth-order valence-corrected chi connectivity index (χ4v) is 2.91. The molecule has 2 aromatic carbocycles. The lowest BCUT2D eigenvalue weighted by Crippen LogP contribution is -2.04. The van der Waals surface area contributed by atoms with E-state index in [-0.39, 0.29) is 0 Å². The number of fused-ring (bicyclic) bond motifs is 1. The normalized spacial score (nSPS) is 11.0. The van der Waals surface area contributed by atoms with Gasteiger partial charge in [-0.3, -0.25) is 0 Å². The van der Waals surface area contributed by atoms with Crippen LogP contribution in [0.2, 0.25) is 0 Å². The SMILES string of the molecule is CCn1c(C#Cc2ccc(C(F)(F)F)cc2)c(C#N)c2cc(OC)ccc21. The van der Waals surface area contributed by atoms with E-state index in [0.717, 1.165) is 23.0 Å². The summed E-state index contributed by atoms with van der Waals surface area (Å²) in [7, 11) is 1.55. The molecular weight excluding hydrogens is 353 g/mol. The molecule has 0 unspecified atom stereocenters. The number of ether oxygens (including phenoxy) is 1. The molecule has 1 heterocycles. The molecule has 0 saturated heterocycles. The van der Waals surface area contributed by atoms with E-state index in [0.29, 0.717) is 29.1 Å². The average Bonchev–Trinajstić information content (AvgIpc) is 2.97. The maximum atomic E-state index is 12.7. The smallest absolute Gasteiger partial charge is 0.416 e. The summed E-state index contributed by atoms with van der Waals surface area (Å²) in [5.74, 6) is 6.45. The number of benzene rings is 2. The second kappa shape index (κ2) is 7.09.